The number of hydrogen-bond acceptors (Lipinski definition) is 8. The van der Waals surface area contributed by atoms with E-state index in [4.69, 9.17) is 25.2 Å². The molecule has 0 aromatic rings. The molecule has 0 saturated heterocycles. The van der Waals surface area contributed by atoms with Crippen molar-refractivity contribution in [3.8, 4) is 0 Å². The molecule has 0 saturated carbocycles. The molecule has 0 aliphatic rings. The van der Waals surface area contributed by atoms with Crippen molar-refractivity contribution in [1.29, 1.82) is 0 Å². The Morgan fingerprint density at radius 1 is 0.667 bits per heavy atom. The quantitative estimate of drug-likeness (QED) is 0.344. The summed E-state index contributed by atoms with van der Waals surface area (Å²) in [5, 5.41) is 30.5. The third-order valence-corrected chi connectivity index (χ3v) is 0.896. The number of ether oxygens (including phenoxy) is 3. The number of rotatable bonds is 4. The van der Waals surface area contributed by atoms with E-state index in [0.29, 0.717) is 0 Å². The minimum atomic E-state index is -0.245. The van der Waals surface area contributed by atoms with Gasteiger partial charge in [0.2, 0.25) is 0 Å². The number of aliphatic hydroxyl groups is 4. The molecule has 0 heterocycles. The molecule has 8 nitrogen and oxygen atoms in total. The van der Waals surface area contributed by atoms with Crippen LogP contribution in [0.4, 0.5) is 0 Å². The van der Waals surface area contributed by atoms with E-state index in [2.05, 4.69) is 35.8 Å². The molecule has 0 rings (SSSR count). The highest BCUT2D eigenvalue weighted by atomic mass is 16.5. The van der Waals surface area contributed by atoms with Crippen molar-refractivity contribution in [3.63, 3.8) is 0 Å². The van der Waals surface area contributed by atoms with Crippen molar-refractivity contribution < 1.29 is 39.4 Å². The summed E-state index contributed by atoms with van der Waals surface area (Å²) >= 11 is 0. The van der Waals surface area contributed by atoms with E-state index in [9.17, 15) is 4.79 Å². The van der Waals surface area contributed by atoms with Gasteiger partial charge < -0.3 is 34.6 Å². The topological polar surface area (TPSA) is 126 Å². The van der Waals surface area contributed by atoms with E-state index in [-0.39, 0.29) is 32.4 Å². The smallest absolute Gasteiger partial charge is 0.302 e. The van der Waals surface area contributed by atoms with Crippen LogP contribution in [-0.2, 0) is 19.0 Å². The van der Waals surface area contributed by atoms with Crippen LogP contribution in [0.2, 0.25) is 0 Å². The van der Waals surface area contributed by atoms with Gasteiger partial charge in [-0.1, -0.05) is 24.3 Å². The largest absolute Gasteiger partial charge is 0.469 e. The molecule has 0 atom stereocenters. The first-order chi connectivity index (χ1) is 15.6. The van der Waals surface area contributed by atoms with Crippen LogP contribution in [0.15, 0.2) is 50.6 Å². The highest BCUT2D eigenvalue weighted by molar-refractivity contribution is 5.65. The fourth-order valence-electron chi connectivity index (χ4n) is 0.204. The SMILES string of the molecule is C=CC.C=CC.C=CC.C=CC.CCOCC.COC.COC(C)=O.OCCO.OCCO. The molecule has 0 unspecified atom stereocenters. The lowest BCUT2D eigenvalue weighted by Gasteiger charge is -1.86. The van der Waals surface area contributed by atoms with Crippen molar-refractivity contribution in [1.82, 2.24) is 0 Å². The van der Waals surface area contributed by atoms with Gasteiger partial charge in [0.05, 0.1) is 33.5 Å². The standard InChI is InChI=1S/C4H10O.C3H6O2.4C3H6.2C2H6O2.C2H6O/c1-3-5-4-2;1-3(4)5-2;4*1-3-2;2*3-1-2-4;1-3-2/h3-4H2,1-2H3;1-2H3;4*3H,1H2,2H3;2*3-4H,1-2H2;1-2H3. The van der Waals surface area contributed by atoms with Crippen LogP contribution in [0.25, 0.3) is 0 Å². The van der Waals surface area contributed by atoms with E-state index in [0.717, 1.165) is 13.2 Å². The average molecular weight is 487 g/mol. The first-order valence-corrected chi connectivity index (χ1v) is 10.3. The summed E-state index contributed by atoms with van der Waals surface area (Å²) in [6.45, 7) is 27.5. The summed E-state index contributed by atoms with van der Waals surface area (Å²) in [6, 6.07) is 0. The molecule has 33 heavy (non-hydrogen) atoms. The van der Waals surface area contributed by atoms with E-state index < -0.39 is 0 Å². The molecule has 4 N–H and O–H groups in total. The number of carbonyl (C=O) groups is 1. The summed E-state index contributed by atoms with van der Waals surface area (Å²) in [4.78, 5) is 9.59. The maximum atomic E-state index is 9.59. The molecule has 0 bridgehead atoms. The van der Waals surface area contributed by atoms with Gasteiger partial charge in [-0.25, -0.2) is 0 Å². The Balaban J connectivity index is -0.0000000283. The van der Waals surface area contributed by atoms with Crippen molar-refractivity contribution in [3.05, 3.63) is 50.6 Å². The Bertz CT molecular complexity index is 237. The van der Waals surface area contributed by atoms with Gasteiger partial charge in [0.15, 0.2) is 0 Å². The van der Waals surface area contributed by atoms with Gasteiger partial charge in [-0.15, -0.1) is 26.3 Å². The highest BCUT2D eigenvalue weighted by Crippen LogP contribution is 1.64. The normalized spacial score (nSPS) is 6.24. The molecule has 0 aliphatic heterocycles. The highest BCUT2D eigenvalue weighted by Gasteiger charge is 1.75. The van der Waals surface area contributed by atoms with Crippen LogP contribution in [-0.4, -0.2) is 87.4 Å². The van der Waals surface area contributed by atoms with Crippen LogP contribution in [0.1, 0.15) is 48.5 Å². The lowest BCUT2D eigenvalue weighted by molar-refractivity contribution is -0.137. The zero-order valence-electron chi connectivity index (χ0n) is 23.3. The van der Waals surface area contributed by atoms with Crippen molar-refractivity contribution in [2.75, 3.05) is 61.0 Å². The van der Waals surface area contributed by atoms with Gasteiger partial charge in [0, 0.05) is 34.4 Å². The molecule has 0 aromatic heterocycles. The molecule has 0 aromatic carbocycles. The first-order valence-electron chi connectivity index (χ1n) is 10.3. The predicted octanol–water partition coefficient (Wildman–Crippen LogP) is 4.20. The average Bonchev–Trinajstić information content (AvgIpc) is 2.78. The Hall–Kier alpha value is -1.81. The van der Waals surface area contributed by atoms with Crippen LogP contribution < -0.4 is 0 Å². The van der Waals surface area contributed by atoms with Crippen LogP contribution >= 0.6 is 0 Å². The molecular weight excluding hydrogens is 428 g/mol. The molecule has 0 aliphatic carbocycles. The van der Waals surface area contributed by atoms with E-state index >= 15 is 0 Å². The fraction of sp³-hybridized carbons (Fsp3) is 0.640. The first kappa shape index (κ1) is 57.7. The Morgan fingerprint density at radius 2 is 0.788 bits per heavy atom. The third-order valence-electron chi connectivity index (χ3n) is 0.896. The third kappa shape index (κ3) is 1370. The van der Waals surface area contributed by atoms with Crippen molar-refractivity contribution in [2.45, 2.75) is 48.5 Å². The molecule has 0 spiro atoms. The number of hydrogen-bond donors (Lipinski definition) is 4. The molecule has 0 radical (unpaired) electrons. The molecule has 0 fully saturated rings. The minimum Gasteiger partial charge on any atom is -0.469 e. The van der Waals surface area contributed by atoms with E-state index in [1.165, 1.54) is 14.0 Å². The van der Waals surface area contributed by atoms with Gasteiger partial charge in [-0.2, -0.15) is 0 Å². The second kappa shape index (κ2) is 128. The zero-order chi connectivity index (χ0) is 28.8. The zero-order valence-corrected chi connectivity index (χ0v) is 23.3. The molecular formula is C25H58O8. The maximum Gasteiger partial charge on any atom is 0.302 e. The van der Waals surface area contributed by atoms with E-state index in [1.807, 2.05) is 41.5 Å². The van der Waals surface area contributed by atoms with Gasteiger partial charge in [0.1, 0.15) is 0 Å². The number of methoxy groups -OCH3 is 2. The Labute approximate surface area is 205 Å². The number of allylic oxidation sites excluding steroid dienone is 4. The van der Waals surface area contributed by atoms with Gasteiger partial charge in [0.25, 0.3) is 0 Å². The van der Waals surface area contributed by atoms with Gasteiger partial charge in [-0.05, 0) is 41.5 Å². The maximum absolute atomic E-state index is 9.59. The lowest BCUT2D eigenvalue weighted by atomic mass is 10.8. The van der Waals surface area contributed by atoms with Gasteiger partial charge >= 0.3 is 5.97 Å². The van der Waals surface area contributed by atoms with Gasteiger partial charge in [-0.3, -0.25) is 4.79 Å². The molecule has 0 amide bonds. The summed E-state index contributed by atoms with van der Waals surface area (Å²) in [5.74, 6) is -0.245. The molecule has 206 valence electrons. The minimum absolute atomic E-state index is 0.125. The summed E-state index contributed by atoms with van der Waals surface area (Å²) in [5.41, 5.74) is 0. The van der Waals surface area contributed by atoms with Crippen molar-refractivity contribution in [2.24, 2.45) is 0 Å². The summed E-state index contributed by atoms with van der Waals surface area (Å²) in [6.07, 6.45) is 7.00. The summed E-state index contributed by atoms with van der Waals surface area (Å²) < 4.78 is 13.2. The summed E-state index contributed by atoms with van der Waals surface area (Å²) in [7, 11) is 4.60. The predicted molar refractivity (Wildman–Crippen MR) is 145 cm³/mol. The fourth-order valence-corrected chi connectivity index (χ4v) is 0.204. The van der Waals surface area contributed by atoms with Crippen LogP contribution in [0.3, 0.4) is 0 Å². The van der Waals surface area contributed by atoms with Crippen molar-refractivity contribution >= 4 is 5.97 Å². The number of aliphatic hydroxyl groups excluding tert-OH is 4. The molecule has 8 heteroatoms. The number of carbonyl (C=O) groups excluding carboxylic acids is 1. The lowest BCUT2D eigenvalue weighted by Crippen LogP contribution is -1.88. The Morgan fingerprint density at radius 3 is 0.788 bits per heavy atom. The number of esters is 1. The van der Waals surface area contributed by atoms with E-state index in [1.54, 1.807) is 38.5 Å². The van der Waals surface area contributed by atoms with Crippen LogP contribution in [0, 0.1) is 0 Å². The second-order valence-corrected chi connectivity index (χ2v) is 4.41. The van der Waals surface area contributed by atoms with Crippen LogP contribution in [0.5, 0.6) is 0 Å². The monoisotopic (exact) mass is 486 g/mol. The second-order valence-electron chi connectivity index (χ2n) is 4.41. The Kier molecular flexibility index (Phi) is 224.